The molecule has 2 aromatic carbocycles. The van der Waals surface area contributed by atoms with Crippen LogP contribution in [-0.2, 0) is 45.8 Å². The van der Waals surface area contributed by atoms with Gasteiger partial charge in [-0.2, -0.15) is 0 Å². The Morgan fingerprint density at radius 2 is 1.71 bits per heavy atom. The summed E-state index contributed by atoms with van der Waals surface area (Å²) in [5.74, 6) is -1.56. The minimum absolute atomic E-state index is 0.0986. The molecule has 2 unspecified atom stereocenters. The van der Waals surface area contributed by atoms with E-state index in [9.17, 15) is 19.8 Å². The molecule has 3 N–H and O–H groups in total. The number of hydrogen-bond acceptors (Lipinski definition) is 12. The van der Waals surface area contributed by atoms with Gasteiger partial charge >= 0.3 is 17.9 Å². The van der Waals surface area contributed by atoms with Crippen molar-refractivity contribution in [3.63, 3.8) is 0 Å². The van der Waals surface area contributed by atoms with Crippen LogP contribution < -0.4 is 9.64 Å². The van der Waals surface area contributed by atoms with Crippen molar-refractivity contribution in [2.24, 2.45) is 11.3 Å². The Bertz CT molecular complexity index is 2260. The fourth-order valence-corrected chi connectivity index (χ4v) is 13.5. The maximum Gasteiger partial charge on any atom is 0.344 e. The van der Waals surface area contributed by atoms with Crippen LogP contribution in [0.5, 0.6) is 5.75 Å². The van der Waals surface area contributed by atoms with Crippen molar-refractivity contribution in [3.8, 4) is 5.75 Å². The topological polar surface area (TPSA) is 154 Å². The van der Waals surface area contributed by atoms with Crippen LogP contribution in [0.25, 0.3) is 10.9 Å². The number of nitrogens with one attached hydrogen (secondary N) is 1. The smallest absolute Gasteiger partial charge is 0.344 e. The number of H-pyrrole nitrogens is 1. The molecule has 1 aromatic heterocycles. The average molecular weight is 811 g/mol. The Kier molecular flexibility index (Phi) is 9.36. The first-order chi connectivity index (χ1) is 28.2. The van der Waals surface area contributed by atoms with Crippen LogP contribution in [0.2, 0.25) is 0 Å². The number of aromatic amines is 1. The van der Waals surface area contributed by atoms with Crippen LogP contribution >= 0.6 is 0 Å². The summed E-state index contributed by atoms with van der Waals surface area (Å²) in [4.78, 5) is 53.2. The van der Waals surface area contributed by atoms with Crippen molar-refractivity contribution in [1.29, 1.82) is 0 Å². The summed E-state index contributed by atoms with van der Waals surface area (Å²) in [6.07, 6.45) is 5.94. The van der Waals surface area contributed by atoms with E-state index in [1.54, 1.807) is 7.11 Å². The molecule has 316 valence electrons. The van der Waals surface area contributed by atoms with Crippen LogP contribution in [0.3, 0.4) is 0 Å². The molecule has 2 bridgehead atoms. The number of nitrogens with zero attached hydrogens (tertiary/aromatic N) is 3. The number of aliphatic hydroxyl groups is 2. The van der Waals surface area contributed by atoms with Crippen molar-refractivity contribution < 1.29 is 43.5 Å². The van der Waals surface area contributed by atoms with Crippen molar-refractivity contribution >= 4 is 34.5 Å². The number of benzene rings is 2. The highest BCUT2D eigenvalue weighted by Crippen LogP contribution is 2.68. The number of piperidine rings is 1. The van der Waals surface area contributed by atoms with Gasteiger partial charge in [-0.25, -0.2) is 4.79 Å². The molecule has 1 aliphatic carbocycles. The number of esters is 3. The first-order valence-electron chi connectivity index (χ1n) is 21.2. The van der Waals surface area contributed by atoms with E-state index in [0.29, 0.717) is 82.6 Å². The lowest BCUT2D eigenvalue weighted by molar-refractivity contribution is -0.228. The van der Waals surface area contributed by atoms with Crippen molar-refractivity contribution in [1.82, 2.24) is 14.8 Å². The van der Waals surface area contributed by atoms with Crippen LogP contribution in [0.1, 0.15) is 75.3 Å². The summed E-state index contributed by atoms with van der Waals surface area (Å²) in [6, 6.07) is 11.0. The standard InChI is InChI=1S/C46H58N4O9/c1-8-42(54)23-28-24-45(40(52)57-6,36-30(15-19-49(25-28)26-42)29-13-10-11-14-33(29)47-36)32-21-31-34(22-35(32)56-5)48(4)38-44(31)17-20-50-18-12-16-43(9-2,37(44)50)39(59-27(3)51)46(38,55)41(53)58-7/h10-14,16,21-22,28,37-39,47,54-55H,8-9,15,17-20,23-26H2,1-7H3/t28-,37-,38+,39-,42-,43+,44?,45-,46-/m0/s1. The van der Waals surface area contributed by atoms with Crippen LogP contribution in [0.15, 0.2) is 48.6 Å². The molecule has 9 rings (SSSR count). The zero-order chi connectivity index (χ0) is 41.9. The number of carbonyl (C=O) groups excluding carboxylic acids is 3. The second-order valence-corrected chi connectivity index (χ2v) is 18.2. The third-order valence-corrected chi connectivity index (χ3v) is 15.6. The highest BCUT2D eigenvalue weighted by atomic mass is 16.6. The lowest BCUT2D eigenvalue weighted by Gasteiger charge is -2.63. The van der Waals surface area contributed by atoms with E-state index >= 15 is 4.79 Å². The molecule has 5 aliphatic heterocycles. The highest BCUT2D eigenvalue weighted by molar-refractivity contribution is 5.95. The fourth-order valence-electron chi connectivity index (χ4n) is 13.5. The van der Waals surface area contributed by atoms with Gasteiger partial charge in [-0.15, -0.1) is 0 Å². The Morgan fingerprint density at radius 1 is 0.949 bits per heavy atom. The lowest BCUT2D eigenvalue weighted by Crippen LogP contribution is -2.81. The molecule has 1 spiro atoms. The Balaban J connectivity index is 1.36. The second-order valence-electron chi connectivity index (χ2n) is 18.2. The maximum absolute atomic E-state index is 15.3. The fraction of sp³-hybridized carbons (Fsp3) is 0.587. The van der Waals surface area contributed by atoms with Crippen LogP contribution in [0.4, 0.5) is 5.69 Å². The van der Waals surface area contributed by atoms with Crippen molar-refractivity contribution in [2.45, 2.75) is 99.5 Å². The monoisotopic (exact) mass is 810 g/mol. The number of carbonyl (C=O) groups is 3. The predicted molar refractivity (Wildman–Crippen MR) is 220 cm³/mol. The minimum Gasteiger partial charge on any atom is -0.496 e. The molecule has 0 radical (unpaired) electrons. The van der Waals surface area contributed by atoms with Gasteiger partial charge in [0.2, 0.25) is 5.60 Å². The van der Waals surface area contributed by atoms with E-state index in [1.165, 1.54) is 21.1 Å². The first-order valence-corrected chi connectivity index (χ1v) is 21.2. The lowest BCUT2D eigenvalue weighted by atomic mass is 9.47. The number of likely N-dealkylation sites (N-methyl/N-ethyl adjacent to an activating group) is 1. The van der Waals surface area contributed by atoms with Gasteiger partial charge < -0.3 is 39.0 Å². The van der Waals surface area contributed by atoms with Gasteiger partial charge in [0, 0.05) is 90.9 Å². The normalized spacial score (nSPS) is 37.0. The molecule has 1 saturated carbocycles. The van der Waals surface area contributed by atoms with Gasteiger partial charge in [0.15, 0.2) is 6.10 Å². The summed E-state index contributed by atoms with van der Waals surface area (Å²) in [7, 11) is 6.15. The third kappa shape index (κ3) is 5.20. The van der Waals surface area contributed by atoms with Gasteiger partial charge in [0.1, 0.15) is 11.2 Å². The number of ether oxygens (including phenoxy) is 4. The molecule has 13 nitrogen and oxygen atoms in total. The molecule has 10 atom stereocenters. The van der Waals surface area contributed by atoms with E-state index in [0.717, 1.165) is 33.4 Å². The Morgan fingerprint density at radius 3 is 2.41 bits per heavy atom. The van der Waals surface area contributed by atoms with E-state index < -0.39 is 57.5 Å². The molecule has 3 fully saturated rings. The van der Waals surface area contributed by atoms with Gasteiger partial charge in [-0.05, 0) is 74.2 Å². The zero-order valence-corrected chi connectivity index (χ0v) is 35.3. The van der Waals surface area contributed by atoms with E-state index in [-0.39, 0.29) is 12.0 Å². The zero-order valence-electron chi connectivity index (χ0n) is 35.3. The minimum atomic E-state index is -2.30. The van der Waals surface area contributed by atoms with E-state index in [2.05, 4.69) is 39.1 Å². The molecule has 6 heterocycles. The Hall–Kier alpha value is -4.43. The number of para-hydroxylation sites is 1. The second kappa shape index (κ2) is 13.8. The predicted octanol–water partition coefficient (Wildman–Crippen LogP) is 3.99. The van der Waals surface area contributed by atoms with Crippen LogP contribution in [0, 0.1) is 11.3 Å². The largest absolute Gasteiger partial charge is 0.496 e. The number of anilines is 1. The molecule has 59 heavy (non-hydrogen) atoms. The quantitative estimate of drug-likeness (QED) is 0.180. The number of rotatable bonds is 7. The van der Waals surface area contributed by atoms with Gasteiger partial charge in [-0.1, -0.05) is 44.2 Å². The Labute approximate surface area is 345 Å². The summed E-state index contributed by atoms with van der Waals surface area (Å²) in [5, 5.41) is 26.3. The maximum atomic E-state index is 15.3. The molecular weight excluding hydrogens is 753 g/mol. The molecule has 13 heteroatoms. The summed E-state index contributed by atoms with van der Waals surface area (Å²) >= 11 is 0. The molecule has 6 aliphatic rings. The third-order valence-electron chi connectivity index (χ3n) is 15.6. The highest BCUT2D eigenvalue weighted by Gasteiger charge is 2.80. The molecular formula is C46H58N4O9. The number of methoxy groups -OCH3 is 3. The van der Waals surface area contributed by atoms with Gasteiger partial charge in [0.05, 0.1) is 33.0 Å². The molecule has 2 saturated heterocycles. The molecule has 3 aromatic rings. The first kappa shape index (κ1) is 40.0. The number of fused-ring (bicyclic) bond motifs is 6. The van der Waals surface area contributed by atoms with E-state index in [1.807, 2.05) is 50.1 Å². The molecule has 0 amide bonds. The number of hydrogen-bond donors (Lipinski definition) is 3. The summed E-state index contributed by atoms with van der Waals surface area (Å²) in [5.41, 5.74) is -1.62. The van der Waals surface area contributed by atoms with Crippen molar-refractivity contribution in [3.05, 3.63) is 70.9 Å². The van der Waals surface area contributed by atoms with Gasteiger partial charge in [0.25, 0.3) is 0 Å². The van der Waals surface area contributed by atoms with E-state index in [4.69, 9.17) is 18.9 Å². The van der Waals surface area contributed by atoms with Gasteiger partial charge in [-0.3, -0.25) is 19.4 Å². The SMILES string of the molecule is CC[C@]1(O)C[C@@H]2CN(CCc3c([nH]c4ccccc34)[C@@](C(=O)OC)(c3cc4c(cc3OC)N(C)[C@@H]3C45CCN4CC=C[C@](CC)([C@H]45)[C@H](OC(C)=O)[C@]3(O)C(=O)OC)C2)C1. The summed E-state index contributed by atoms with van der Waals surface area (Å²) in [6.45, 7) is 8.62. The number of aromatic nitrogens is 1. The van der Waals surface area contributed by atoms with Crippen molar-refractivity contribution in [2.75, 3.05) is 66.0 Å². The average Bonchev–Trinajstić information content (AvgIpc) is 3.90. The van der Waals surface area contributed by atoms with Crippen LogP contribution in [-0.4, -0.2) is 133 Å². The summed E-state index contributed by atoms with van der Waals surface area (Å²) < 4.78 is 23.9.